The third-order valence-electron chi connectivity index (χ3n) is 3.71. The Morgan fingerprint density at radius 3 is 2.50 bits per heavy atom. The van der Waals surface area contributed by atoms with Crippen molar-refractivity contribution in [1.82, 2.24) is 10.6 Å². The van der Waals surface area contributed by atoms with Crippen LogP contribution in [0.4, 0.5) is 0 Å². The molecule has 0 spiro atoms. The van der Waals surface area contributed by atoms with Crippen LogP contribution in [-0.4, -0.2) is 19.1 Å². The minimum absolute atomic E-state index is 0.249. The molecule has 0 radical (unpaired) electrons. The van der Waals surface area contributed by atoms with Crippen molar-refractivity contribution >= 4 is 0 Å². The highest BCUT2D eigenvalue weighted by atomic mass is 15.0. The molecule has 1 heterocycles. The van der Waals surface area contributed by atoms with Crippen molar-refractivity contribution < 1.29 is 0 Å². The van der Waals surface area contributed by atoms with E-state index in [0.717, 1.165) is 13.1 Å². The summed E-state index contributed by atoms with van der Waals surface area (Å²) in [5.41, 5.74) is 3.04. The van der Waals surface area contributed by atoms with E-state index in [1.54, 1.807) is 0 Å². The van der Waals surface area contributed by atoms with Gasteiger partial charge in [-0.15, -0.1) is 0 Å². The van der Waals surface area contributed by atoms with E-state index in [1.165, 1.54) is 30.5 Å². The molecule has 2 heteroatoms. The molecule has 100 valence electrons. The van der Waals surface area contributed by atoms with Crippen LogP contribution < -0.4 is 10.6 Å². The molecule has 0 aliphatic carbocycles. The normalized spacial score (nSPS) is 20.9. The summed E-state index contributed by atoms with van der Waals surface area (Å²) in [7, 11) is 0. The van der Waals surface area contributed by atoms with Gasteiger partial charge < -0.3 is 10.6 Å². The molecular formula is C16H26N2. The number of hydrogen-bond acceptors (Lipinski definition) is 2. The highest BCUT2D eigenvalue weighted by Crippen LogP contribution is 2.22. The lowest BCUT2D eigenvalue weighted by Gasteiger charge is -2.24. The van der Waals surface area contributed by atoms with Crippen LogP contribution in [0.2, 0.25) is 0 Å². The Balaban J connectivity index is 1.86. The van der Waals surface area contributed by atoms with E-state index < -0.39 is 0 Å². The van der Waals surface area contributed by atoms with E-state index in [4.69, 9.17) is 0 Å². The largest absolute Gasteiger partial charge is 0.315 e. The quantitative estimate of drug-likeness (QED) is 0.857. The Hall–Kier alpha value is -0.860. The number of piperidine rings is 1. The second-order valence-corrected chi connectivity index (χ2v) is 6.37. The molecule has 1 aliphatic heterocycles. The van der Waals surface area contributed by atoms with E-state index in [1.807, 2.05) is 0 Å². The smallest absolute Gasteiger partial charge is 0.0208 e. The first-order chi connectivity index (χ1) is 8.55. The first-order valence-corrected chi connectivity index (χ1v) is 7.09. The Morgan fingerprint density at radius 1 is 1.22 bits per heavy atom. The zero-order valence-electron chi connectivity index (χ0n) is 11.9. The average molecular weight is 246 g/mol. The minimum atomic E-state index is 0.249. The number of hydrogen-bond donors (Lipinski definition) is 2. The highest BCUT2D eigenvalue weighted by Gasteiger charge is 2.14. The first-order valence-electron chi connectivity index (χ1n) is 7.09. The maximum absolute atomic E-state index is 3.63. The van der Waals surface area contributed by atoms with Gasteiger partial charge in [0, 0.05) is 19.1 Å². The van der Waals surface area contributed by atoms with Crippen LogP contribution in [0.1, 0.15) is 44.7 Å². The lowest BCUT2D eigenvalue weighted by Crippen LogP contribution is -2.42. The molecule has 0 saturated carbocycles. The number of benzene rings is 1. The third-order valence-corrected chi connectivity index (χ3v) is 3.71. The van der Waals surface area contributed by atoms with Gasteiger partial charge in [-0.3, -0.25) is 0 Å². The first kappa shape index (κ1) is 13.6. The fourth-order valence-corrected chi connectivity index (χ4v) is 2.41. The molecule has 18 heavy (non-hydrogen) atoms. The average Bonchev–Trinajstić information content (AvgIpc) is 2.37. The van der Waals surface area contributed by atoms with Gasteiger partial charge >= 0.3 is 0 Å². The lowest BCUT2D eigenvalue weighted by atomic mass is 9.87. The van der Waals surface area contributed by atoms with Crippen molar-refractivity contribution in [2.24, 2.45) is 0 Å². The maximum atomic E-state index is 3.63. The number of nitrogens with one attached hydrogen (secondary N) is 2. The molecule has 1 aromatic rings. The van der Waals surface area contributed by atoms with E-state index >= 15 is 0 Å². The Bertz CT molecular complexity index is 356. The Morgan fingerprint density at radius 2 is 1.94 bits per heavy atom. The Labute approximate surface area is 111 Å². The van der Waals surface area contributed by atoms with Gasteiger partial charge in [0.1, 0.15) is 0 Å². The van der Waals surface area contributed by atoms with Crippen LogP contribution in [0, 0.1) is 0 Å². The van der Waals surface area contributed by atoms with Crippen molar-refractivity contribution in [2.45, 2.75) is 51.6 Å². The van der Waals surface area contributed by atoms with Crippen LogP contribution in [0.15, 0.2) is 24.3 Å². The zero-order valence-corrected chi connectivity index (χ0v) is 11.9. The Kier molecular flexibility index (Phi) is 4.41. The summed E-state index contributed by atoms with van der Waals surface area (Å²) in [6.45, 7) is 10.0. The van der Waals surface area contributed by atoms with E-state index in [2.05, 4.69) is 55.7 Å². The summed E-state index contributed by atoms with van der Waals surface area (Å²) in [4.78, 5) is 0. The lowest BCUT2D eigenvalue weighted by molar-refractivity contribution is 0.389. The predicted molar refractivity (Wildman–Crippen MR) is 77.9 cm³/mol. The molecule has 1 fully saturated rings. The molecule has 0 bridgehead atoms. The predicted octanol–water partition coefficient (Wildman–Crippen LogP) is 2.83. The molecule has 1 unspecified atom stereocenters. The van der Waals surface area contributed by atoms with Crippen LogP contribution in [0.5, 0.6) is 0 Å². The molecule has 1 aromatic carbocycles. The van der Waals surface area contributed by atoms with Crippen molar-refractivity contribution in [3.8, 4) is 0 Å². The van der Waals surface area contributed by atoms with Gasteiger partial charge in [-0.2, -0.15) is 0 Å². The van der Waals surface area contributed by atoms with Crippen molar-refractivity contribution in [3.05, 3.63) is 35.4 Å². The molecule has 2 rings (SSSR count). The summed E-state index contributed by atoms with van der Waals surface area (Å²) in [5, 5.41) is 7.07. The molecular weight excluding hydrogens is 220 g/mol. The monoisotopic (exact) mass is 246 g/mol. The van der Waals surface area contributed by atoms with Crippen LogP contribution in [-0.2, 0) is 12.0 Å². The van der Waals surface area contributed by atoms with Gasteiger partial charge in [0.05, 0.1) is 0 Å². The SMILES string of the molecule is CC(C)(C)c1ccc(CNC2CCCNC2)cc1. The number of rotatable bonds is 3. The molecule has 1 aliphatic rings. The fourth-order valence-electron chi connectivity index (χ4n) is 2.41. The molecule has 1 atom stereocenters. The van der Waals surface area contributed by atoms with Gasteiger partial charge in [0.2, 0.25) is 0 Å². The molecule has 2 N–H and O–H groups in total. The molecule has 2 nitrogen and oxygen atoms in total. The second-order valence-electron chi connectivity index (χ2n) is 6.37. The van der Waals surface area contributed by atoms with E-state index in [-0.39, 0.29) is 5.41 Å². The summed E-state index contributed by atoms with van der Waals surface area (Å²) in [6.07, 6.45) is 2.59. The summed E-state index contributed by atoms with van der Waals surface area (Å²) >= 11 is 0. The summed E-state index contributed by atoms with van der Waals surface area (Å²) in [5.74, 6) is 0. The van der Waals surface area contributed by atoms with Crippen molar-refractivity contribution in [3.63, 3.8) is 0 Å². The van der Waals surface area contributed by atoms with Gasteiger partial charge in [-0.05, 0) is 35.9 Å². The van der Waals surface area contributed by atoms with E-state index in [9.17, 15) is 0 Å². The van der Waals surface area contributed by atoms with Crippen LogP contribution in [0.25, 0.3) is 0 Å². The molecule has 1 saturated heterocycles. The van der Waals surface area contributed by atoms with Crippen LogP contribution in [0.3, 0.4) is 0 Å². The van der Waals surface area contributed by atoms with Crippen molar-refractivity contribution in [1.29, 1.82) is 0 Å². The zero-order chi connectivity index (χ0) is 13.0. The fraction of sp³-hybridized carbons (Fsp3) is 0.625. The summed E-state index contributed by atoms with van der Waals surface area (Å²) < 4.78 is 0. The van der Waals surface area contributed by atoms with Gasteiger partial charge in [0.15, 0.2) is 0 Å². The third kappa shape index (κ3) is 3.82. The molecule has 0 amide bonds. The standard InChI is InChI=1S/C16H26N2/c1-16(2,3)14-8-6-13(7-9-14)11-18-15-5-4-10-17-12-15/h6-9,15,17-18H,4-5,10-12H2,1-3H3. The van der Waals surface area contributed by atoms with Gasteiger partial charge in [-0.1, -0.05) is 45.0 Å². The van der Waals surface area contributed by atoms with Gasteiger partial charge in [-0.25, -0.2) is 0 Å². The summed E-state index contributed by atoms with van der Waals surface area (Å²) in [6, 6.07) is 9.67. The minimum Gasteiger partial charge on any atom is -0.315 e. The topological polar surface area (TPSA) is 24.1 Å². The molecule has 0 aromatic heterocycles. The van der Waals surface area contributed by atoms with Gasteiger partial charge in [0.25, 0.3) is 0 Å². The second kappa shape index (κ2) is 5.85. The highest BCUT2D eigenvalue weighted by molar-refractivity contribution is 5.27. The van der Waals surface area contributed by atoms with Crippen LogP contribution >= 0.6 is 0 Å². The maximum Gasteiger partial charge on any atom is 0.0208 e. The van der Waals surface area contributed by atoms with E-state index in [0.29, 0.717) is 6.04 Å². The van der Waals surface area contributed by atoms with Crippen molar-refractivity contribution in [2.75, 3.05) is 13.1 Å².